The predicted molar refractivity (Wildman–Crippen MR) is 66.4 cm³/mol. The van der Waals surface area contributed by atoms with Crippen LogP contribution >= 0.6 is 15.9 Å². The van der Waals surface area contributed by atoms with E-state index in [0.717, 1.165) is 42.9 Å². The number of anilines is 1. The molecule has 0 radical (unpaired) electrons. The Morgan fingerprint density at radius 2 is 2.25 bits per heavy atom. The smallest absolute Gasteiger partial charge is 0.143 e. The van der Waals surface area contributed by atoms with Crippen LogP contribution in [0.25, 0.3) is 0 Å². The molecule has 5 heteroatoms. The molecular weight excluding hydrogens is 270 g/mol. The Balaban J connectivity index is 1.94. The van der Waals surface area contributed by atoms with Crippen molar-refractivity contribution in [3.63, 3.8) is 0 Å². The molecule has 0 amide bonds. The van der Waals surface area contributed by atoms with Gasteiger partial charge < -0.3 is 10.1 Å². The molecular formula is C11H16BrN3O. The highest BCUT2D eigenvalue weighted by Crippen LogP contribution is 2.30. The lowest BCUT2D eigenvalue weighted by molar-refractivity contribution is 0.0299. The van der Waals surface area contributed by atoms with Crippen LogP contribution in [0.15, 0.2) is 17.0 Å². The summed E-state index contributed by atoms with van der Waals surface area (Å²) >= 11 is 3.43. The number of nitrogens with zero attached hydrogens (tertiary/aromatic N) is 2. The van der Waals surface area contributed by atoms with Crippen molar-refractivity contribution in [3.05, 3.63) is 17.0 Å². The van der Waals surface area contributed by atoms with Crippen LogP contribution in [-0.4, -0.2) is 29.7 Å². The largest absolute Gasteiger partial charge is 0.381 e. The van der Waals surface area contributed by atoms with Gasteiger partial charge in [-0.15, -0.1) is 0 Å². The molecule has 16 heavy (non-hydrogen) atoms. The summed E-state index contributed by atoms with van der Waals surface area (Å²) in [6, 6.07) is 0. The molecule has 1 aliphatic rings. The summed E-state index contributed by atoms with van der Waals surface area (Å²) in [5, 5.41) is 3.37. The van der Waals surface area contributed by atoms with E-state index in [1.165, 1.54) is 0 Å². The molecule has 2 heterocycles. The highest BCUT2D eigenvalue weighted by atomic mass is 79.9. The molecule has 0 aliphatic carbocycles. The van der Waals surface area contributed by atoms with Crippen LogP contribution in [0, 0.1) is 5.41 Å². The van der Waals surface area contributed by atoms with Crippen LogP contribution < -0.4 is 5.32 Å². The van der Waals surface area contributed by atoms with Crippen molar-refractivity contribution < 1.29 is 4.74 Å². The molecule has 1 aromatic rings. The topological polar surface area (TPSA) is 47.0 Å². The van der Waals surface area contributed by atoms with Gasteiger partial charge in [-0.25, -0.2) is 9.97 Å². The van der Waals surface area contributed by atoms with Gasteiger partial charge in [-0.2, -0.15) is 0 Å². The highest BCUT2D eigenvalue weighted by Gasteiger charge is 2.27. The van der Waals surface area contributed by atoms with E-state index in [1.54, 1.807) is 12.5 Å². The molecule has 0 unspecified atom stereocenters. The standard InChI is InChI=1S/C11H16BrN3O/c1-11(2-4-16-5-3-11)7-14-10-9(12)6-13-8-15-10/h6,8H,2-5,7H2,1H3,(H,13,14,15). The first-order chi connectivity index (χ1) is 7.70. The van der Waals surface area contributed by atoms with Crippen molar-refractivity contribution in [1.82, 2.24) is 9.97 Å². The third-order valence-corrected chi connectivity index (χ3v) is 3.63. The second kappa shape index (κ2) is 5.10. The maximum absolute atomic E-state index is 5.38. The SMILES string of the molecule is CC1(CNc2ncncc2Br)CCOCC1. The zero-order valence-corrected chi connectivity index (χ0v) is 11.0. The molecule has 2 rings (SSSR count). The van der Waals surface area contributed by atoms with Gasteiger partial charge in [-0.05, 0) is 34.2 Å². The molecule has 0 spiro atoms. The van der Waals surface area contributed by atoms with Gasteiger partial charge in [0.1, 0.15) is 12.1 Å². The minimum atomic E-state index is 0.308. The van der Waals surface area contributed by atoms with Crippen LogP contribution in [-0.2, 0) is 4.74 Å². The normalized spacial score (nSPS) is 19.4. The Hall–Kier alpha value is -0.680. The Kier molecular flexibility index (Phi) is 3.76. The van der Waals surface area contributed by atoms with Crippen LogP contribution in [0.1, 0.15) is 19.8 Å². The molecule has 0 bridgehead atoms. The van der Waals surface area contributed by atoms with E-state index < -0.39 is 0 Å². The summed E-state index contributed by atoms with van der Waals surface area (Å²) in [4.78, 5) is 8.13. The van der Waals surface area contributed by atoms with Crippen LogP contribution in [0.5, 0.6) is 0 Å². The quantitative estimate of drug-likeness (QED) is 0.927. The highest BCUT2D eigenvalue weighted by molar-refractivity contribution is 9.10. The summed E-state index contributed by atoms with van der Waals surface area (Å²) in [6.45, 7) is 4.94. The first kappa shape index (κ1) is 11.8. The number of halogens is 1. The monoisotopic (exact) mass is 285 g/mol. The van der Waals surface area contributed by atoms with Crippen LogP contribution in [0.2, 0.25) is 0 Å². The summed E-state index contributed by atoms with van der Waals surface area (Å²) in [7, 11) is 0. The van der Waals surface area contributed by atoms with Gasteiger partial charge in [0.05, 0.1) is 4.47 Å². The Morgan fingerprint density at radius 1 is 1.50 bits per heavy atom. The fraction of sp³-hybridized carbons (Fsp3) is 0.636. The Morgan fingerprint density at radius 3 is 2.94 bits per heavy atom. The van der Waals surface area contributed by atoms with Gasteiger partial charge in [0.15, 0.2) is 0 Å². The van der Waals surface area contributed by atoms with E-state index in [1.807, 2.05) is 0 Å². The molecule has 88 valence electrons. The maximum Gasteiger partial charge on any atom is 0.143 e. The van der Waals surface area contributed by atoms with E-state index in [-0.39, 0.29) is 0 Å². The number of nitrogens with one attached hydrogen (secondary N) is 1. The van der Waals surface area contributed by atoms with Gasteiger partial charge in [-0.1, -0.05) is 6.92 Å². The summed E-state index contributed by atoms with van der Waals surface area (Å²) in [5.41, 5.74) is 0.308. The van der Waals surface area contributed by atoms with Crippen molar-refractivity contribution in [2.75, 3.05) is 25.1 Å². The van der Waals surface area contributed by atoms with Gasteiger partial charge >= 0.3 is 0 Å². The Labute approximate surface area is 104 Å². The van der Waals surface area contributed by atoms with Gasteiger partial charge in [-0.3, -0.25) is 0 Å². The van der Waals surface area contributed by atoms with Crippen LogP contribution in [0.3, 0.4) is 0 Å². The molecule has 1 fully saturated rings. The van der Waals surface area contributed by atoms with Gasteiger partial charge in [0, 0.05) is 26.0 Å². The number of hydrogen-bond donors (Lipinski definition) is 1. The molecule has 0 saturated carbocycles. The van der Waals surface area contributed by atoms with E-state index >= 15 is 0 Å². The molecule has 0 atom stereocenters. The van der Waals surface area contributed by atoms with E-state index in [0.29, 0.717) is 5.41 Å². The Bertz CT molecular complexity index is 353. The molecule has 1 N–H and O–H groups in total. The van der Waals surface area contributed by atoms with Gasteiger partial charge in [0.2, 0.25) is 0 Å². The fourth-order valence-electron chi connectivity index (χ4n) is 1.78. The lowest BCUT2D eigenvalue weighted by atomic mass is 9.82. The first-order valence-electron chi connectivity index (χ1n) is 5.47. The molecule has 0 aromatic carbocycles. The zero-order chi connectivity index (χ0) is 11.4. The lowest BCUT2D eigenvalue weighted by Gasteiger charge is -2.33. The molecule has 1 aliphatic heterocycles. The van der Waals surface area contributed by atoms with Gasteiger partial charge in [0.25, 0.3) is 0 Å². The van der Waals surface area contributed by atoms with Crippen molar-refractivity contribution >= 4 is 21.7 Å². The fourth-order valence-corrected chi connectivity index (χ4v) is 2.14. The summed E-state index contributed by atoms with van der Waals surface area (Å²) in [6.07, 6.45) is 5.51. The minimum absolute atomic E-state index is 0.308. The van der Waals surface area contributed by atoms with E-state index in [4.69, 9.17) is 4.74 Å². The number of aromatic nitrogens is 2. The lowest BCUT2D eigenvalue weighted by Crippen LogP contribution is -2.33. The van der Waals surface area contributed by atoms with Crippen molar-refractivity contribution in [3.8, 4) is 0 Å². The van der Waals surface area contributed by atoms with E-state index in [9.17, 15) is 0 Å². The van der Waals surface area contributed by atoms with Crippen molar-refractivity contribution in [1.29, 1.82) is 0 Å². The predicted octanol–water partition coefficient (Wildman–Crippen LogP) is 2.47. The zero-order valence-electron chi connectivity index (χ0n) is 9.37. The first-order valence-corrected chi connectivity index (χ1v) is 6.26. The average Bonchev–Trinajstić information content (AvgIpc) is 2.29. The summed E-state index contributed by atoms with van der Waals surface area (Å²) in [5.74, 6) is 0.864. The molecule has 1 saturated heterocycles. The van der Waals surface area contributed by atoms with Crippen LogP contribution in [0.4, 0.5) is 5.82 Å². The number of hydrogen-bond acceptors (Lipinski definition) is 4. The maximum atomic E-state index is 5.38. The molecule has 4 nitrogen and oxygen atoms in total. The van der Waals surface area contributed by atoms with Crippen molar-refractivity contribution in [2.24, 2.45) is 5.41 Å². The minimum Gasteiger partial charge on any atom is -0.381 e. The van der Waals surface area contributed by atoms with Crippen molar-refractivity contribution in [2.45, 2.75) is 19.8 Å². The van der Waals surface area contributed by atoms with E-state index in [2.05, 4.69) is 38.1 Å². The second-order valence-corrected chi connectivity index (χ2v) is 5.35. The number of rotatable bonds is 3. The molecule has 1 aromatic heterocycles. The summed E-state index contributed by atoms with van der Waals surface area (Å²) < 4.78 is 6.29. The third-order valence-electron chi connectivity index (χ3n) is 3.05. The second-order valence-electron chi connectivity index (χ2n) is 4.50. The third kappa shape index (κ3) is 2.92. The average molecular weight is 286 g/mol. The number of ether oxygens (including phenoxy) is 1.